The Balaban J connectivity index is 1.65. The maximum atomic E-state index is 14.0. The number of aromatic nitrogens is 1. The molecule has 5 nitrogen and oxygen atoms in total. The molecule has 0 radical (unpaired) electrons. The maximum absolute atomic E-state index is 14.0. The van der Waals surface area contributed by atoms with Gasteiger partial charge in [0.15, 0.2) is 0 Å². The van der Waals surface area contributed by atoms with Crippen LogP contribution in [0.1, 0.15) is 36.4 Å². The second-order valence-corrected chi connectivity index (χ2v) is 6.92. The number of hydrogen-bond acceptors (Lipinski definition) is 4. The second kappa shape index (κ2) is 7.27. The third-order valence-corrected chi connectivity index (χ3v) is 4.82. The van der Waals surface area contributed by atoms with Gasteiger partial charge in [0.2, 0.25) is 0 Å². The van der Waals surface area contributed by atoms with Crippen molar-refractivity contribution in [3.8, 4) is 0 Å². The van der Waals surface area contributed by atoms with Gasteiger partial charge in [-0.1, -0.05) is 19.9 Å². The Hall–Kier alpha value is -1.99. The summed E-state index contributed by atoms with van der Waals surface area (Å²) in [6.45, 7) is 5.26. The summed E-state index contributed by atoms with van der Waals surface area (Å²) in [7, 11) is 0. The fourth-order valence-electron chi connectivity index (χ4n) is 2.65. The fourth-order valence-corrected chi connectivity index (χ4v) is 3.33. The molecule has 3 rings (SSSR count). The summed E-state index contributed by atoms with van der Waals surface area (Å²) in [5, 5.41) is 5.51. The fraction of sp³-hybridized carbons (Fsp3) is 0.412. The highest BCUT2D eigenvalue weighted by molar-refractivity contribution is 7.09. The lowest BCUT2D eigenvalue weighted by Crippen LogP contribution is -2.44. The number of nitrogens with one attached hydrogen (secondary N) is 1. The average Bonchev–Trinajstić information content (AvgIpc) is 3.09. The third kappa shape index (κ3) is 3.73. The molecule has 2 heterocycles. The highest BCUT2D eigenvalue weighted by Gasteiger charge is 2.27. The zero-order valence-electron chi connectivity index (χ0n) is 13.7. The van der Waals surface area contributed by atoms with Crippen LogP contribution in [0.25, 0.3) is 0 Å². The third-order valence-electron chi connectivity index (χ3n) is 3.95. The van der Waals surface area contributed by atoms with Crippen molar-refractivity contribution < 1.29 is 13.9 Å². The van der Waals surface area contributed by atoms with E-state index in [1.807, 2.05) is 19.2 Å². The molecule has 0 unspecified atom stereocenters. The summed E-state index contributed by atoms with van der Waals surface area (Å²) in [5.74, 6) is -0.196. The van der Waals surface area contributed by atoms with Crippen molar-refractivity contribution in [3.05, 3.63) is 46.2 Å². The van der Waals surface area contributed by atoms with Crippen molar-refractivity contribution in [2.45, 2.75) is 25.9 Å². The molecule has 0 saturated carbocycles. The van der Waals surface area contributed by atoms with Crippen molar-refractivity contribution in [2.24, 2.45) is 0 Å². The molecule has 1 aliphatic heterocycles. The van der Waals surface area contributed by atoms with E-state index in [-0.39, 0.29) is 23.9 Å². The number of carbonyl (C=O) groups is 1. The summed E-state index contributed by atoms with van der Waals surface area (Å²) in [5.41, 5.74) is 1.10. The number of amides is 2. The van der Waals surface area contributed by atoms with Crippen molar-refractivity contribution in [3.63, 3.8) is 0 Å². The van der Waals surface area contributed by atoms with Crippen LogP contribution in [-0.4, -0.2) is 35.6 Å². The number of nitrogens with zero attached hydrogens (tertiary/aromatic N) is 2. The molecular formula is C17H20FN3O2S. The molecule has 1 aromatic carbocycles. The molecule has 1 atom stereocenters. The number of morpholine rings is 1. The van der Waals surface area contributed by atoms with Gasteiger partial charge in [0.1, 0.15) is 16.9 Å². The lowest BCUT2D eigenvalue weighted by Gasteiger charge is -2.32. The van der Waals surface area contributed by atoms with E-state index in [4.69, 9.17) is 4.74 Å². The molecule has 0 bridgehead atoms. The molecule has 24 heavy (non-hydrogen) atoms. The van der Waals surface area contributed by atoms with E-state index < -0.39 is 0 Å². The van der Waals surface area contributed by atoms with E-state index in [2.05, 4.69) is 10.3 Å². The van der Waals surface area contributed by atoms with Crippen LogP contribution in [0.2, 0.25) is 0 Å². The minimum Gasteiger partial charge on any atom is -0.367 e. The van der Waals surface area contributed by atoms with E-state index in [9.17, 15) is 9.18 Å². The van der Waals surface area contributed by atoms with E-state index in [0.717, 1.165) is 5.01 Å². The monoisotopic (exact) mass is 349 g/mol. The van der Waals surface area contributed by atoms with Gasteiger partial charge >= 0.3 is 6.03 Å². The van der Waals surface area contributed by atoms with Crippen LogP contribution in [0, 0.1) is 5.82 Å². The van der Waals surface area contributed by atoms with Crippen LogP contribution in [0.3, 0.4) is 0 Å². The number of anilines is 1. The van der Waals surface area contributed by atoms with E-state index >= 15 is 0 Å². The van der Waals surface area contributed by atoms with Gasteiger partial charge in [-0.2, -0.15) is 0 Å². The number of thiazole rings is 1. The molecule has 1 N–H and O–H groups in total. The molecular weight excluding hydrogens is 329 g/mol. The number of carbonyl (C=O) groups excluding carboxylic acids is 1. The normalized spacial score (nSPS) is 18.0. The molecule has 0 spiro atoms. The summed E-state index contributed by atoms with van der Waals surface area (Å²) in [6, 6.07) is 4.56. The Morgan fingerprint density at radius 2 is 2.33 bits per heavy atom. The topological polar surface area (TPSA) is 54.5 Å². The molecule has 7 heteroatoms. The van der Waals surface area contributed by atoms with Crippen molar-refractivity contribution >= 4 is 23.1 Å². The summed E-state index contributed by atoms with van der Waals surface area (Å²) >= 11 is 1.51. The number of ether oxygens (including phenoxy) is 1. The van der Waals surface area contributed by atoms with Crippen molar-refractivity contribution in [1.82, 2.24) is 9.88 Å². The molecule has 1 saturated heterocycles. The highest BCUT2D eigenvalue weighted by atomic mass is 32.1. The highest BCUT2D eigenvalue weighted by Crippen LogP contribution is 2.25. The van der Waals surface area contributed by atoms with E-state index in [1.165, 1.54) is 17.4 Å². The molecule has 0 aliphatic carbocycles. The standard InChI is InChI=1S/C17H20FN3O2S/c1-11(2)13-4-3-12(9-14(13)18)20-17(22)21-6-7-23-15(10-21)16-19-5-8-24-16/h3-5,8-9,11,15H,6-7,10H2,1-2H3,(H,20,22)/t15-/m0/s1. The van der Waals surface area contributed by atoms with Gasteiger partial charge in [-0.25, -0.2) is 14.2 Å². The van der Waals surface area contributed by atoms with Crippen LogP contribution in [0.5, 0.6) is 0 Å². The quantitative estimate of drug-likeness (QED) is 0.911. The SMILES string of the molecule is CC(C)c1ccc(NC(=O)N2CCO[C@H](c3nccs3)C2)cc1F. The first-order chi connectivity index (χ1) is 11.5. The predicted octanol–water partition coefficient (Wildman–Crippen LogP) is 4.01. The smallest absolute Gasteiger partial charge is 0.322 e. The molecule has 128 valence electrons. The Labute approximate surface area is 144 Å². The van der Waals surface area contributed by atoms with Crippen molar-refractivity contribution in [2.75, 3.05) is 25.0 Å². The maximum Gasteiger partial charge on any atom is 0.322 e. The van der Waals surface area contributed by atoms with Gasteiger partial charge in [-0.05, 0) is 23.6 Å². The first-order valence-electron chi connectivity index (χ1n) is 7.91. The molecule has 1 aliphatic rings. The number of urea groups is 1. The lowest BCUT2D eigenvalue weighted by atomic mass is 10.0. The lowest BCUT2D eigenvalue weighted by molar-refractivity contribution is -0.0135. The minimum atomic E-state index is -0.301. The average molecular weight is 349 g/mol. The zero-order chi connectivity index (χ0) is 17.1. The van der Waals surface area contributed by atoms with Gasteiger partial charge in [0.05, 0.1) is 13.2 Å². The molecule has 1 aromatic heterocycles. The Bertz CT molecular complexity index is 706. The number of halogens is 1. The Morgan fingerprint density at radius 1 is 1.50 bits per heavy atom. The number of benzene rings is 1. The van der Waals surface area contributed by atoms with Crippen LogP contribution in [0.4, 0.5) is 14.9 Å². The minimum absolute atomic E-state index is 0.105. The number of rotatable bonds is 3. The number of hydrogen-bond donors (Lipinski definition) is 1. The first-order valence-corrected chi connectivity index (χ1v) is 8.79. The molecule has 2 aromatic rings. The van der Waals surface area contributed by atoms with Crippen molar-refractivity contribution in [1.29, 1.82) is 0 Å². The molecule has 2 amide bonds. The van der Waals surface area contributed by atoms with Gasteiger partial charge in [-0.3, -0.25) is 0 Å². The van der Waals surface area contributed by atoms with Gasteiger partial charge in [0.25, 0.3) is 0 Å². The Morgan fingerprint density at radius 3 is 3.00 bits per heavy atom. The van der Waals surface area contributed by atoms with Crippen LogP contribution >= 0.6 is 11.3 Å². The van der Waals surface area contributed by atoms with Gasteiger partial charge < -0.3 is 15.0 Å². The second-order valence-electron chi connectivity index (χ2n) is 6.00. The van der Waals surface area contributed by atoms with E-state index in [1.54, 1.807) is 23.2 Å². The van der Waals surface area contributed by atoms with E-state index in [0.29, 0.717) is 30.9 Å². The predicted molar refractivity (Wildman–Crippen MR) is 91.9 cm³/mol. The summed E-state index contributed by atoms with van der Waals surface area (Å²) in [6.07, 6.45) is 1.52. The largest absolute Gasteiger partial charge is 0.367 e. The van der Waals surface area contributed by atoms with Gasteiger partial charge in [-0.15, -0.1) is 11.3 Å². The summed E-state index contributed by atoms with van der Waals surface area (Å²) in [4.78, 5) is 18.3. The first kappa shape index (κ1) is 16.9. The van der Waals surface area contributed by atoms with Crippen LogP contribution in [0.15, 0.2) is 29.8 Å². The Kier molecular flexibility index (Phi) is 5.11. The summed E-state index contributed by atoms with van der Waals surface area (Å²) < 4.78 is 19.7. The molecule has 1 fully saturated rings. The van der Waals surface area contributed by atoms with Crippen LogP contribution < -0.4 is 5.32 Å². The zero-order valence-corrected chi connectivity index (χ0v) is 14.5. The van der Waals surface area contributed by atoms with Gasteiger partial charge in [0, 0.05) is 23.8 Å². The van der Waals surface area contributed by atoms with Crippen LogP contribution in [-0.2, 0) is 4.74 Å².